The van der Waals surface area contributed by atoms with Crippen LogP contribution in [0.3, 0.4) is 0 Å². The molecule has 0 aliphatic heterocycles. The zero-order valence-electron chi connectivity index (χ0n) is 8.24. The van der Waals surface area contributed by atoms with Gasteiger partial charge in [-0.2, -0.15) is 0 Å². The standard InChI is InChI=1S/C10H13NO3/c1-3-14-9-6-4-8(5-7-9)11-10(12)13-2/h4-7H,3H2,1-2H3,(H,11,12). The minimum absolute atomic E-state index is 0.478. The molecule has 0 aliphatic carbocycles. The lowest BCUT2D eigenvalue weighted by Gasteiger charge is -2.05. The first-order valence-electron chi connectivity index (χ1n) is 4.34. The Bertz CT molecular complexity index is 295. The largest absolute Gasteiger partial charge is 0.494 e. The fourth-order valence-electron chi connectivity index (χ4n) is 0.970. The third-order valence-electron chi connectivity index (χ3n) is 1.60. The topological polar surface area (TPSA) is 47.6 Å². The summed E-state index contributed by atoms with van der Waals surface area (Å²) in [5.41, 5.74) is 0.681. The fraction of sp³-hybridized carbons (Fsp3) is 0.300. The van der Waals surface area contributed by atoms with E-state index >= 15 is 0 Å². The first-order valence-corrected chi connectivity index (χ1v) is 4.34. The molecule has 0 saturated heterocycles. The maximum absolute atomic E-state index is 10.8. The predicted molar refractivity (Wildman–Crippen MR) is 53.6 cm³/mol. The van der Waals surface area contributed by atoms with E-state index < -0.39 is 6.09 Å². The van der Waals surface area contributed by atoms with Crippen LogP contribution in [0.1, 0.15) is 6.92 Å². The highest BCUT2D eigenvalue weighted by Crippen LogP contribution is 2.15. The van der Waals surface area contributed by atoms with E-state index in [1.54, 1.807) is 24.3 Å². The normalized spacial score (nSPS) is 9.29. The van der Waals surface area contributed by atoms with E-state index in [9.17, 15) is 4.79 Å². The molecule has 1 amide bonds. The van der Waals surface area contributed by atoms with Gasteiger partial charge in [-0.25, -0.2) is 4.79 Å². The number of amides is 1. The first kappa shape index (κ1) is 10.4. The van der Waals surface area contributed by atoms with Gasteiger partial charge in [0.2, 0.25) is 0 Å². The van der Waals surface area contributed by atoms with E-state index in [1.807, 2.05) is 6.92 Å². The van der Waals surface area contributed by atoms with Crippen molar-refractivity contribution >= 4 is 11.8 Å². The smallest absolute Gasteiger partial charge is 0.411 e. The van der Waals surface area contributed by atoms with E-state index in [0.29, 0.717) is 12.3 Å². The van der Waals surface area contributed by atoms with Crippen LogP contribution in [0.2, 0.25) is 0 Å². The Morgan fingerprint density at radius 1 is 1.36 bits per heavy atom. The second kappa shape index (κ2) is 5.11. The highest BCUT2D eigenvalue weighted by atomic mass is 16.5. The van der Waals surface area contributed by atoms with E-state index in [-0.39, 0.29) is 0 Å². The Kier molecular flexibility index (Phi) is 3.79. The molecule has 0 unspecified atom stereocenters. The van der Waals surface area contributed by atoms with Crippen molar-refractivity contribution in [2.45, 2.75) is 6.92 Å². The van der Waals surface area contributed by atoms with Crippen LogP contribution >= 0.6 is 0 Å². The van der Waals surface area contributed by atoms with Crippen LogP contribution in [0.25, 0.3) is 0 Å². The Hall–Kier alpha value is -1.71. The lowest BCUT2D eigenvalue weighted by molar-refractivity contribution is 0.187. The van der Waals surface area contributed by atoms with Crippen molar-refractivity contribution in [3.05, 3.63) is 24.3 Å². The molecular weight excluding hydrogens is 182 g/mol. The average Bonchev–Trinajstić information content (AvgIpc) is 2.21. The van der Waals surface area contributed by atoms with Gasteiger partial charge in [-0.3, -0.25) is 5.32 Å². The second-order valence-corrected chi connectivity index (χ2v) is 2.57. The van der Waals surface area contributed by atoms with Gasteiger partial charge < -0.3 is 9.47 Å². The Morgan fingerprint density at radius 3 is 2.50 bits per heavy atom. The van der Waals surface area contributed by atoms with Gasteiger partial charge in [-0.1, -0.05) is 0 Å². The summed E-state index contributed by atoms with van der Waals surface area (Å²) in [5.74, 6) is 0.780. The third-order valence-corrected chi connectivity index (χ3v) is 1.60. The number of methoxy groups -OCH3 is 1. The van der Waals surface area contributed by atoms with Crippen LogP contribution in [-0.2, 0) is 4.74 Å². The molecule has 1 N–H and O–H groups in total. The third kappa shape index (κ3) is 2.97. The highest BCUT2D eigenvalue weighted by molar-refractivity contribution is 5.84. The molecular formula is C10H13NO3. The molecule has 0 saturated carbocycles. The molecule has 4 nitrogen and oxygen atoms in total. The van der Waals surface area contributed by atoms with Crippen molar-refractivity contribution < 1.29 is 14.3 Å². The summed E-state index contributed by atoms with van der Waals surface area (Å²) >= 11 is 0. The van der Waals surface area contributed by atoms with Gasteiger partial charge in [-0.05, 0) is 31.2 Å². The van der Waals surface area contributed by atoms with E-state index in [1.165, 1.54) is 7.11 Å². The molecule has 4 heteroatoms. The van der Waals surface area contributed by atoms with Gasteiger partial charge in [0, 0.05) is 5.69 Å². The predicted octanol–water partition coefficient (Wildman–Crippen LogP) is 2.26. The number of rotatable bonds is 3. The van der Waals surface area contributed by atoms with Gasteiger partial charge in [0.25, 0.3) is 0 Å². The molecule has 0 radical (unpaired) electrons. The summed E-state index contributed by atoms with van der Waals surface area (Å²) in [7, 11) is 1.32. The van der Waals surface area contributed by atoms with Crippen molar-refractivity contribution in [2.24, 2.45) is 0 Å². The van der Waals surface area contributed by atoms with Crippen LogP contribution in [0, 0.1) is 0 Å². The molecule has 1 aromatic carbocycles. The molecule has 0 bridgehead atoms. The van der Waals surface area contributed by atoms with Gasteiger partial charge in [0.1, 0.15) is 5.75 Å². The Morgan fingerprint density at radius 2 is 2.00 bits per heavy atom. The second-order valence-electron chi connectivity index (χ2n) is 2.57. The quantitative estimate of drug-likeness (QED) is 0.804. The monoisotopic (exact) mass is 195 g/mol. The number of anilines is 1. The van der Waals surface area contributed by atoms with Crippen molar-refractivity contribution in [2.75, 3.05) is 19.0 Å². The lowest BCUT2D eigenvalue weighted by atomic mass is 10.3. The van der Waals surface area contributed by atoms with Crippen LogP contribution in [-0.4, -0.2) is 19.8 Å². The number of ether oxygens (including phenoxy) is 2. The summed E-state index contributed by atoms with van der Waals surface area (Å²) in [5, 5.41) is 2.54. The summed E-state index contributed by atoms with van der Waals surface area (Å²) in [6, 6.07) is 7.08. The average molecular weight is 195 g/mol. The molecule has 0 aromatic heterocycles. The molecule has 0 fully saturated rings. The molecule has 0 aliphatic rings. The number of hydrogen-bond acceptors (Lipinski definition) is 3. The lowest BCUT2D eigenvalue weighted by Crippen LogP contribution is -2.10. The van der Waals surface area contributed by atoms with Gasteiger partial charge in [0.15, 0.2) is 0 Å². The van der Waals surface area contributed by atoms with Gasteiger partial charge in [-0.15, -0.1) is 0 Å². The zero-order valence-corrected chi connectivity index (χ0v) is 8.24. The van der Waals surface area contributed by atoms with E-state index in [0.717, 1.165) is 5.75 Å². The van der Waals surface area contributed by atoms with Crippen LogP contribution < -0.4 is 10.1 Å². The maximum atomic E-state index is 10.8. The SMILES string of the molecule is CCOc1ccc(NC(=O)OC)cc1. The zero-order chi connectivity index (χ0) is 10.4. The summed E-state index contributed by atoms with van der Waals surface area (Å²) in [6.45, 7) is 2.55. The number of nitrogens with one attached hydrogen (secondary N) is 1. The number of hydrogen-bond donors (Lipinski definition) is 1. The van der Waals surface area contributed by atoms with Crippen LogP contribution in [0.15, 0.2) is 24.3 Å². The van der Waals surface area contributed by atoms with Crippen molar-refractivity contribution in [1.82, 2.24) is 0 Å². The minimum atomic E-state index is -0.478. The summed E-state index contributed by atoms with van der Waals surface area (Å²) < 4.78 is 9.70. The number of carbonyl (C=O) groups excluding carboxylic acids is 1. The number of carbonyl (C=O) groups is 1. The van der Waals surface area contributed by atoms with Crippen LogP contribution in [0.5, 0.6) is 5.75 Å². The van der Waals surface area contributed by atoms with Crippen molar-refractivity contribution in [3.63, 3.8) is 0 Å². The molecule has 1 aromatic rings. The Labute approximate surface area is 82.8 Å². The molecule has 0 atom stereocenters. The van der Waals surface area contributed by atoms with E-state index in [2.05, 4.69) is 10.1 Å². The number of benzene rings is 1. The Balaban J connectivity index is 2.59. The van der Waals surface area contributed by atoms with E-state index in [4.69, 9.17) is 4.74 Å². The summed E-state index contributed by atoms with van der Waals surface area (Å²) in [4.78, 5) is 10.8. The van der Waals surface area contributed by atoms with Crippen molar-refractivity contribution in [1.29, 1.82) is 0 Å². The summed E-state index contributed by atoms with van der Waals surface area (Å²) in [6.07, 6.45) is -0.478. The van der Waals surface area contributed by atoms with Gasteiger partial charge >= 0.3 is 6.09 Å². The minimum Gasteiger partial charge on any atom is -0.494 e. The molecule has 76 valence electrons. The van der Waals surface area contributed by atoms with Crippen molar-refractivity contribution in [3.8, 4) is 5.75 Å². The molecule has 0 heterocycles. The molecule has 1 rings (SSSR count). The molecule has 14 heavy (non-hydrogen) atoms. The van der Waals surface area contributed by atoms with Gasteiger partial charge in [0.05, 0.1) is 13.7 Å². The maximum Gasteiger partial charge on any atom is 0.411 e. The molecule has 0 spiro atoms. The first-order chi connectivity index (χ1) is 6.76. The fourth-order valence-corrected chi connectivity index (χ4v) is 0.970. The highest BCUT2D eigenvalue weighted by Gasteiger charge is 1.99. The van der Waals surface area contributed by atoms with Crippen LogP contribution in [0.4, 0.5) is 10.5 Å².